The molecule has 4 N–H and O–H groups in total. The lowest BCUT2D eigenvalue weighted by Gasteiger charge is -1.92. The third kappa shape index (κ3) is 0.928. The third-order valence-electron chi connectivity index (χ3n) is 1.12. The molecule has 5 heteroatoms. The molecule has 0 radical (unpaired) electrons. The molecule has 0 amide bonds. The van der Waals surface area contributed by atoms with Crippen molar-refractivity contribution >= 4 is 5.84 Å². The Kier molecular flexibility index (Phi) is 1.57. The number of amidine groups is 1. The van der Waals surface area contributed by atoms with Gasteiger partial charge in [0.1, 0.15) is 11.5 Å². The molecule has 1 heterocycles. The SMILES string of the molecule is CN=C(N)c1[nH]cnc1O. The second-order valence-electron chi connectivity index (χ2n) is 1.71. The van der Waals surface area contributed by atoms with Crippen LogP contribution >= 0.6 is 0 Å². The van der Waals surface area contributed by atoms with Crippen LogP contribution in [0.2, 0.25) is 0 Å². The Morgan fingerprint density at radius 3 is 3.00 bits per heavy atom. The Balaban J connectivity index is 3.05. The van der Waals surface area contributed by atoms with Gasteiger partial charge in [-0.2, -0.15) is 0 Å². The normalized spacial score (nSPS) is 11.9. The van der Waals surface area contributed by atoms with E-state index in [1.54, 1.807) is 0 Å². The summed E-state index contributed by atoms with van der Waals surface area (Å²) in [6, 6.07) is 0. The van der Waals surface area contributed by atoms with Gasteiger partial charge in [0.15, 0.2) is 0 Å². The predicted octanol–water partition coefficient (Wildman–Crippen LogP) is -0.550. The molecule has 0 bridgehead atoms. The molecule has 1 rings (SSSR count). The van der Waals surface area contributed by atoms with E-state index in [1.807, 2.05) is 0 Å². The highest BCUT2D eigenvalue weighted by molar-refractivity contribution is 5.97. The van der Waals surface area contributed by atoms with Crippen LogP contribution in [-0.2, 0) is 0 Å². The first-order chi connectivity index (χ1) is 4.75. The summed E-state index contributed by atoms with van der Waals surface area (Å²) in [4.78, 5) is 9.82. The average Bonchev–Trinajstić information content (AvgIpc) is 2.34. The molecule has 0 aliphatic carbocycles. The summed E-state index contributed by atoms with van der Waals surface area (Å²) >= 11 is 0. The van der Waals surface area contributed by atoms with E-state index in [2.05, 4.69) is 15.0 Å². The maximum atomic E-state index is 8.95. The molecule has 0 aromatic carbocycles. The van der Waals surface area contributed by atoms with E-state index < -0.39 is 0 Å². The molecular weight excluding hydrogens is 132 g/mol. The monoisotopic (exact) mass is 140 g/mol. The summed E-state index contributed by atoms with van der Waals surface area (Å²) in [6.07, 6.45) is 1.35. The lowest BCUT2D eigenvalue weighted by atomic mass is 10.4. The van der Waals surface area contributed by atoms with Crippen molar-refractivity contribution in [1.82, 2.24) is 9.97 Å². The number of nitrogens with zero attached hydrogens (tertiary/aromatic N) is 2. The van der Waals surface area contributed by atoms with Crippen molar-refractivity contribution < 1.29 is 5.11 Å². The fourth-order valence-electron chi connectivity index (χ4n) is 0.587. The highest BCUT2D eigenvalue weighted by Crippen LogP contribution is 2.07. The molecule has 5 nitrogen and oxygen atoms in total. The number of aromatic amines is 1. The summed E-state index contributed by atoms with van der Waals surface area (Å²) in [5.74, 6) is 0.123. The first kappa shape index (κ1) is 6.60. The number of hydrogen-bond acceptors (Lipinski definition) is 3. The Hall–Kier alpha value is -1.52. The zero-order valence-corrected chi connectivity index (χ0v) is 5.50. The van der Waals surface area contributed by atoms with Crippen LogP contribution in [-0.4, -0.2) is 28.0 Å². The van der Waals surface area contributed by atoms with Gasteiger partial charge in [-0.25, -0.2) is 4.98 Å². The smallest absolute Gasteiger partial charge is 0.240 e. The fraction of sp³-hybridized carbons (Fsp3) is 0.200. The first-order valence-corrected chi connectivity index (χ1v) is 2.70. The van der Waals surface area contributed by atoms with Gasteiger partial charge in [-0.1, -0.05) is 0 Å². The minimum absolute atomic E-state index is 0.122. The Morgan fingerprint density at radius 1 is 1.90 bits per heavy atom. The topological polar surface area (TPSA) is 87.3 Å². The number of imidazole rings is 1. The maximum absolute atomic E-state index is 8.95. The van der Waals surface area contributed by atoms with Gasteiger partial charge in [-0.05, 0) is 0 Å². The summed E-state index contributed by atoms with van der Waals surface area (Å²) in [5.41, 5.74) is 5.72. The number of aromatic hydroxyl groups is 1. The van der Waals surface area contributed by atoms with Gasteiger partial charge in [-0.3, -0.25) is 4.99 Å². The van der Waals surface area contributed by atoms with Crippen LogP contribution in [0.25, 0.3) is 0 Å². The van der Waals surface area contributed by atoms with Crippen LogP contribution in [0.4, 0.5) is 0 Å². The second kappa shape index (κ2) is 2.38. The van der Waals surface area contributed by atoms with E-state index >= 15 is 0 Å². The first-order valence-electron chi connectivity index (χ1n) is 2.70. The minimum atomic E-state index is -0.122. The van der Waals surface area contributed by atoms with Crippen LogP contribution < -0.4 is 5.73 Å². The largest absolute Gasteiger partial charge is 0.492 e. The lowest BCUT2D eigenvalue weighted by molar-refractivity contribution is 0.455. The number of rotatable bonds is 1. The van der Waals surface area contributed by atoms with Crippen LogP contribution in [0.1, 0.15) is 5.69 Å². The molecule has 0 aliphatic rings. The highest BCUT2D eigenvalue weighted by atomic mass is 16.3. The highest BCUT2D eigenvalue weighted by Gasteiger charge is 2.05. The van der Waals surface area contributed by atoms with Crippen LogP contribution in [0.3, 0.4) is 0 Å². The lowest BCUT2D eigenvalue weighted by Crippen LogP contribution is -2.13. The number of nitrogens with one attached hydrogen (secondary N) is 1. The van der Waals surface area contributed by atoms with Crippen LogP contribution in [0.15, 0.2) is 11.3 Å². The fourth-order valence-corrected chi connectivity index (χ4v) is 0.587. The molecule has 1 aromatic heterocycles. The Bertz CT molecular complexity index is 252. The molecule has 0 unspecified atom stereocenters. The van der Waals surface area contributed by atoms with Crippen molar-refractivity contribution in [1.29, 1.82) is 0 Å². The van der Waals surface area contributed by atoms with E-state index in [1.165, 1.54) is 13.4 Å². The molecule has 0 aliphatic heterocycles. The van der Waals surface area contributed by atoms with E-state index in [9.17, 15) is 0 Å². The number of aliphatic imine (C=N–C) groups is 1. The zero-order chi connectivity index (χ0) is 7.56. The van der Waals surface area contributed by atoms with Gasteiger partial charge >= 0.3 is 0 Å². The van der Waals surface area contributed by atoms with E-state index in [-0.39, 0.29) is 11.7 Å². The maximum Gasteiger partial charge on any atom is 0.240 e. The van der Waals surface area contributed by atoms with Crippen LogP contribution in [0, 0.1) is 0 Å². The van der Waals surface area contributed by atoms with E-state index in [0.29, 0.717) is 5.69 Å². The molecule has 1 aromatic rings. The van der Waals surface area contributed by atoms with Gasteiger partial charge < -0.3 is 15.8 Å². The van der Waals surface area contributed by atoms with Crippen molar-refractivity contribution in [3.05, 3.63) is 12.0 Å². The summed E-state index contributed by atoms with van der Waals surface area (Å²) in [6.45, 7) is 0. The molecular formula is C5H8N4O. The van der Waals surface area contributed by atoms with Gasteiger partial charge in [-0.15, -0.1) is 0 Å². The number of aromatic nitrogens is 2. The molecule has 10 heavy (non-hydrogen) atoms. The Morgan fingerprint density at radius 2 is 2.60 bits per heavy atom. The molecule has 54 valence electrons. The molecule has 0 spiro atoms. The summed E-state index contributed by atoms with van der Waals surface area (Å²) in [5, 5.41) is 8.95. The van der Waals surface area contributed by atoms with Gasteiger partial charge in [0.05, 0.1) is 6.33 Å². The van der Waals surface area contributed by atoms with Crippen molar-refractivity contribution in [2.75, 3.05) is 7.05 Å². The predicted molar refractivity (Wildman–Crippen MR) is 36.9 cm³/mol. The molecule has 0 fully saturated rings. The van der Waals surface area contributed by atoms with Gasteiger partial charge in [0.2, 0.25) is 5.88 Å². The van der Waals surface area contributed by atoms with Crippen molar-refractivity contribution in [2.24, 2.45) is 10.7 Å². The molecule has 0 saturated heterocycles. The van der Waals surface area contributed by atoms with Crippen molar-refractivity contribution in [2.45, 2.75) is 0 Å². The molecule has 0 saturated carbocycles. The zero-order valence-electron chi connectivity index (χ0n) is 5.50. The van der Waals surface area contributed by atoms with Crippen molar-refractivity contribution in [3.8, 4) is 5.88 Å². The number of hydrogen-bond donors (Lipinski definition) is 3. The number of nitrogens with two attached hydrogens (primary N) is 1. The average molecular weight is 140 g/mol. The third-order valence-corrected chi connectivity index (χ3v) is 1.12. The summed E-state index contributed by atoms with van der Waals surface area (Å²) in [7, 11) is 1.54. The van der Waals surface area contributed by atoms with Crippen molar-refractivity contribution in [3.63, 3.8) is 0 Å². The quantitative estimate of drug-likeness (QED) is 0.361. The van der Waals surface area contributed by atoms with Gasteiger partial charge in [0.25, 0.3) is 0 Å². The second-order valence-corrected chi connectivity index (χ2v) is 1.71. The van der Waals surface area contributed by atoms with E-state index in [4.69, 9.17) is 10.8 Å². The summed E-state index contributed by atoms with van der Waals surface area (Å²) < 4.78 is 0. The molecule has 0 atom stereocenters. The van der Waals surface area contributed by atoms with Crippen LogP contribution in [0.5, 0.6) is 5.88 Å². The standard InChI is InChI=1S/C5H8N4O/c1-7-4(6)3-5(10)9-2-8-3/h2,10H,1H3,(H2,6,7)(H,8,9). The van der Waals surface area contributed by atoms with Gasteiger partial charge in [0, 0.05) is 7.05 Å². The van der Waals surface area contributed by atoms with E-state index in [0.717, 1.165) is 0 Å². The Labute approximate surface area is 57.6 Å². The minimum Gasteiger partial charge on any atom is -0.492 e. The number of H-pyrrole nitrogens is 1.